The Balaban J connectivity index is 1.36. The number of aromatic nitrogens is 1. The topological polar surface area (TPSA) is 54.0 Å². The lowest BCUT2D eigenvalue weighted by Gasteiger charge is -2.30. The monoisotopic (exact) mass is 445 g/mol. The van der Waals surface area contributed by atoms with Gasteiger partial charge in [0.1, 0.15) is 11.5 Å². The summed E-state index contributed by atoms with van der Waals surface area (Å²) in [5, 5.41) is 6.92. The zero-order chi connectivity index (χ0) is 22.7. The maximum atomic E-state index is 13.3. The van der Waals surface area contributed by atoms with Gasteiger partial charge in [0.2, 0.25) is 5.91 Å². The fraction of sp³-hybridized carbons (Fsp3) is 0.333. The summed E-state index contributed by atoms with van der Waals surface area (Å²) in [4.78, 5) is 16.0. The van der Waals surface area contributed by atoms with Gasteiger partial charge in [0, 0.05) is 23.2 Å². The molecule has 4 rings (SSSR count). The van der Waals surface area contributed by atoms with Gasteiger partial charge in [-0.15, -0.1) is 0 Å². The number of amides is 1. The van der Waals surface area contributed by atoms with Crippen LogP contribution in [-0.4, -0.2) is 23.0 Å². The van der Waals surface area contributed by atoms with Crippen LogP contribution in [0.1, 0.15) is 36.9 Å². The number of benzene rings is 2. The van der Waals surface area contributed by atoms with E-state index >= 15 is 0 Å². The van der Waals surface area contributed by atoms with Gasteiger partial charge in [-0.25, -0.2) is 9.37 Å². The summed E-state index contributed by atoms with van der Waals surface area (Å²) in [6.07, 6.45) is -1.45. The second-order valence-electron chi connectivity index (χ2n) is 8.13. The molecule has 0 saturated heterocycles. The Morgan fingerprint density at radius 2 is 1.62 bits per heavy atom. The molecule has 1 amide bonds. The second-order valence-corrected chi connectivity index (χ2v) is 8.13. The molecule has 32 heavy (non-hydrogen) atoms. The maximum absolute atomic E-state index is 13.3. The minimum Gasteiger partial charge on any atom is -0.382 e. The Hall–Kier alpha value is -3.16. The lowest BCUT2D eigenvalue weighted by atomic mass is 9.90. The minimum absolute atomic E-state index is 0.00661. The number of nitrogens with one attached hydrogen (secondary N) is 2. The van der Waals surface area contributed by atoms with E-state index < -0.39 is 11.9 Å². The number of pyridine rings is 1. The van der Waals surface area contributed by atoms with Crippen molar-refractivity contribution in [2.45, 2.75) is 50.4 Å². The number of anilines is 1. The number of hydrogen-bond donors (Lipinski definition) is 2. The van der Waals surface area contributed by atoms with E-state index in [4.69, 9.17) is 0 Å². The first kappa shape index (κ1) is 22.0. The van der Waals surface area contributed by atoms with Crippen molar-refractivity contribution in [3.05, 3.63) is 71.7 Å². The molecule has 4 nitrogen and oxygen atoms in total. The number of para-hydroxylation sites is 1. The Labute approximate surface area is 183 Å². The predicted octanol–water partition coefficient (Wildman–Crippen LogP) is 5.47. The number of hydrogen-bond acceptors (Lipinski definition) is 3. The molecule has 0 bridgehead atoms. The van der Waals surface area contributed by atoms with Crippen LogP contribution in [0.15, 0.2) is 54.6 Å². The third-order valence-corrected chi connectivity index (χ3v) is 5.74. The smallest absolute Gasteiger partial charge is 0.382 e. The van der Waals surface area contributed by atoms with Crippen LogP contribution in [-0.2, 0) is 17.4 Å². The maximum Gasteiger partial charge on any atom is 0.433 e. The molecule has 1 aromatic heterocycles. The van der Waals surface area contributed by atoms with E-state index in [1.807, 2.05) is 0 Å². The molecule has 1 fully saturated rings. The Morgan fingerprint density at radius 3 is 2.31 bits per heavy atom. The van der Waals surface area contributed by atoms with Crippen molar-refractivity contribution < 1.29 is 22.4 Å². The van der Waals surface area contributed by atoms with Crippen molar-refractivity contribution in [3.63, 3.8) is 0 Å². The van der Waals surface area contributed by atoms with E-state index in [0.29, 0.717) is 16.6 Å². The third-order valence-electron chi connectivity index (χ3n) is 5.74. The molecule has 1 aliphatic carbocycles. The van der Waals surface area contributed by atoms with E-state index in [9.17, 15) is 22.4 Å². The molecule has 168 valence electrons. The largest absolute Gasteiger partial charge is 0.433 e. The Kier molecular flexibility index (Phi) is 6.30. The van der Waals surface area contributed by atoms with E-state index in [2.05, 4.69) is 15.6 Å². The van der Waals surface area contributed by atoms with E-state index in [0.717, 1.165) is 37.3 Å². The molecule has 0 unspecified atom stereocenters. The first-order valence-electron chi connectivity index (χ1n) is 10.6. The SMILES string of the molecule is O=C(Cc1ccc(F)cc1)N[C@H]1CC[C@@H](Nc2cc(C(F)(F)F)nc3ccccc23)CC1. The summed E-state index contributed by atoms with van der Waals surface area (Å²) < 4.78 is 52.8. The standard InChI is InChI=1S/C24H23F4N3O/c25-16-7-5-15(6-8-16)13-23(32)30-18-11-9-17(10-12-18)29-21-14-22(24(26,27)28)31-20-4-2-1-3-19(20)21/h1-8,14,17-18H,9-13H2,(H,29,31)(H,30,32)/t17-,18+. The van der Waals surface area contributed by atoms with Crippen LogP contribution in [0, 0.1) is 5.82 Å². The van der Waals surface area contributed by atoms with Gasteiger partial charge in [0.25, 0.3) is 0 Å². The summed E-state index contributed by atoms with van der Waals surface area (Å²) in [5.74, 6) is -0.465. The number of nitrogens with zero attached hydrogens (tertiary/aromatic N) is 1. The van der Waals surface area contributed by atoms with Gasteiger partial charge in [0.15, 0.2) is 0 Å². The van der Waals surface area contributed by atoms with Crippen LogP contribution >= 0.6 is 0 Å². The minimum atomic E-state index is -4.52. The van der Waals surface area contributed by atoms with Crippen molar-refractivity contribution in [2.24, 2.45) is 0 Å². The number of alkyl halides is 3. The van der Waals surface area contributed by atoms with Crippen LogP contribution < -0.4 is 10.6 Å². The Morgan fingerprint density at radius 1 is 0.969 bits per heavy atom. The predicted molar refractivity (Wildman–Crippen MR) is 115 cm³/mol. The van der Waals surface area contributed by atoms with Crippen LogP contribution in [0.3, 0.4) is 0 Å². The van der Waals surface area contributed by atoms with Crippen molar-refractivity contribution >= 4 is 22.5 Å². The van der Waals surface area contributed by atoms with Gasteiger partial charge in [-0.1, -0.05) is 30.3 Å². The van der Waals surface area contributed by atoms with Crippen molar-refractivity contribution in [3.8, 4) is 0 Å². The fourth-order valence-electron chi connectivity index (χ4n) is 4.11. The number of halogens is 4. The Bertz CT molecular complexity index is 1090. The summed E-state index contributed by atoms with van der Waals surface area (Å²) in [6.45, 7) is 0. The number of carbonyl (C=O) groups excluding carboxylic acids is 1. The molecule has 1 aliphatic rings. The number of carbonyl (C=O) groups is 1. The number of fused-ring (bicyclic) bond motifs is 1. The molecular formula is C24H23F4N3O. The first-order chi connectivity index (χ1) is 15.3. The average molecular weight is 445 g/mol. The zero-order valence-electron chi connectivity index (χ0n) is 17.3. The summed E-state index contributed by atoms with van der Waals surface area (Å²) in [6, 6.07) is 13.7. The quantitative estimate of drug-likeness (QED) is 0.512. The summed E-state index contributed by atoms with van der Waals surface area (Å²) in [5.41, 5.74) is 0.544. The van der Waals surface area contributed by atoms with Crippen molar-refractivity contribution in [1.82, 2.24) is 10.3 Å². The lowest BCUT2D eigenvalue weighted by molar-refractivity contribution is -0.140. The van der Waals surface area contributed by atoms with Gasteiger partial charge in [-0.05, 0) is 55.5 Å². The highest BCUT2D eigenvalue weighted by Crippen LogP contribution is 2.34. The highest BCUT2D eigenvalue weighted by molar-refractivity contribution is 5.91. The van der Waals surface area contributed by atoms with Crippen molar-refractivity contribution in [2.75, 3.05) is 5.32 Å². The molecule has 1 saturated carbocycles. The second kappa shape index (κ2) is 9.14. The van der Waals surface area contributed by atoms with Crippen LogP contribution in [0.2, 0.25) is 0 Å². The molecule has 0 aliphatic heterocycles. The highest BCUT2D eigenvalue weighted by atomic mass is 19.4. The van der Waals surface area contributed by atoms with E-state index in [1.165, 1.54) is 12.1 Å². The highest BCUT2D eigenvalue weighted by Gasteiger charge is 2.33. The van der Waals surface area contributed by atoms with Gasteiger partial charge < -0.3 is 10.6 Å². The summed E-state index contributed by atoms with van der Waals surface area (Å²) in [7, 11) is 0. The lowest BCUT2D eigenvalue weighted by Crippen LogP contribution is -2.40. The van der Waals surface area contributed by atoms with E-state index in [-0.39, 0.29) is 30.2 Å². The molecule has 1 heterocycles. The molecule has 2 aromatic carbocycles. The van der Waals surface area contributed by atoms with Crippen LogP contribution in [0.25, 0.3) is 10.9 Å². The average Bonchev–Trinajstić information content (AvgIpc) is 2.76. The fourth-order valence-corrected chi connectivity index (χ4v) is 4.11. The molecule has 0 radical (unpaired) electrons. The molecular weight excluding hydrogens is 422 g/mol. The number of rotatable bonds is 5. The molecule has 0 spiro atoms. The third kappa shape index (κ3) is 5.36. The molecule has 8 heteroatoms. The van der Waals surface area contributed by atoms with Crippen LogP contribution in [0.5, 0.6) is 0 Å². The van der Waals surface area contributed by atoms with E-state index in [1.54, 1.807) is 36.4 Å². The van der Waals surface area contributed by atoms with Gasteiger partial charge in [-0.3, -0.25) is 4.79 Å². The molecule has 2 N–H and O–H groups in total. The van der Waals surface area contributed by atoms with Gasteiger partial charge in [0.05, 0.1) is 11.9 Å². The zero-order valence-corrected chi connectivity index (χ0v) is 17.3. The molecule has 0 atom stereocenters. The first-order valence-corrected chi connectivity index (χ1v) is 10.6. The normalized spacial score (nSPS) is 19.0. The van der Waals surface area contributed by atoms with Gasteiger partial charge >= 0.3 is 6.18 Å². The summed E-state index contributed by atoms with van der Waals surface area (Å²) >= 11 is 0. The van der Waals surface area contributed by atoms with Crippen LogP contribution in [0.4, 0.5) is 23.2 Å². The van der Waals surface area contributed by atoms with Crippen molar-refractivity contribution in [1.29, 1.82) is 0 Å². The molecule has 3 aromatic rings. The van der Waals surface area contributed by atoms with Gasteiger partial charge in [-0.2, -0.15) is 13.2 Å².